The standard InChI is InChI=1S/C17H26N2S2/c1-13(9-10-20-4)19(3)12-15-14-7-5-6-8-16(14)21-17(15)11-18-2/h5-8,13,18H,9-12H2,1-4H3. The molecule has 4 heteroatoms. The molecule has 1 heterocycles. The van der Waals surface area contributed by atoms with Crippen molar-refractivity contribution in [2.24, 2.45) is 0 Å². The fourth-order valence-corrected chi connectivity index (χ4v) is 4.34. The van der Waals surface area contributed by atoms with Crippen LogP contribution >= 0.6 is 23.1 Å². The van der Waals surface area contributed by atoms with Gasteiger partial charge in [-0.25, -0.2) is 0 Å². The summed E-state index contributed by atoms with van der Waals surface area (Å²) in [5.41, 5.74) is 1.50. The predicted octanol–water partition coefficient (Wildman–Crippen LogP) is 4.19. The number of rotatable bonds is 8. The number of nitrogens with one attached hydrogen (secondary N) is 1. The summed E-state index contributed by atoms with van der Waals surface area (Å²) >= 11 is 3.86. The van der Waals surface area contributed by atoms with Crippen LogP contribution in [0.1, 0.15) is 23.8 Å². The molecule has 0 bridgehead atoms. The molecule has 2 aromatic rings. The number of thioether (sulfide) groups is 1. The highest BCUT2D eigenvalue weighted by Gasteiger charge is 2.16. The quantitative estimate of drug-likeness (QED) is 0.784. The summed E-state index contributed by atoms with van der Waals surface area (Å²) in [6, 6.07) is 9.41. The smallest absolute Gasteiger partial charge is 0.0349 e. The van der Waals surface area contributed by atoms with Crippen molar-refractivity contribution in [3.8, 4) is 0 Å². The van der Waals surface area contributed by atoms with E-state index in [0.717, 1.165) is 13.1 Å². The van der Waals surface area contributed by atoms with Crippen molar-refractivity contribution in [1.29, 1.82) is 0 Å². The predicted molar refractivity (Wildman–Crippen MR) is 98.5 cm³/mol. The van der Waals surface area contributed by atoms with Crippen molar-refractivity contribution < 1.29 is 0 Å². The molecule has 0 radical (unpaired) electrons. The summed E-state index contributed by atoms with van der Waals surface area (Å²) in [5.74, 6) is 1.24. The minimum atomic E-state index is 0.624. The zero-order chi connectivity index (χ0) is 15.2. The maximum atomic E-state index is 3.31. The molecule has 1 aromatic heterocycles. The van der Waals surface area contributed by atoms with Gasteiger partial charge in [0.05, 0.1) is 0 Å². The molecule has 0 saturated carbocycles. The molecule has 1 N–H and O–H groups in total. The normalized spacial score (nSPS) is 13.2. The fraction of sp³-hybridized carbons (Fsp3) is 0.529. The van der Waals surface area contributed by atoms with Crippen molar-refractivity contribution >= 4 is 33.2 Å². The summed E-state index contributed by atoms with van der Waals surface area (Å²) < 4.78 is 1.41. The van der Waals surface area contributed by atoms with Gasteiger partial charge in [0.1, 0.15) is 0 Å². The molecule has 0 saturated heterocycles. The highest BCUT2D eigenvalue weighted by molar-refractivity contribution is 7.98. The van der Waals surface area contributed by atoms with Crippen LogP contribution in [-0.2, 0) is 13.1 Å². The lowest BCUT2D eigenvalue weighted by Gasteiger charge is -2.25. The maximum Gasteiger partial charge on any atom is 0.0349 e. The van der Waals surface area contributed by atoms with Gasteiger partial charge in [-0.3, -0.25) is 4.90 Å². The van der Waals surface area contributed by atoms with E-state index in [-0.39, 0.29) is 0 Å². The molecular weight excluding hydrogens is 296 g/mol. The van der Waals surface area contributed by atoms with Crippen molar-refractivity contribution in [3.05, 3.63) is 34.7 Å². The van der Waals surface area contributed by atoms with Gasteiger partial charge in [0.15, 0.2) is 0 Å². The molecule has 1 aromatic carbocycles. The third-order valence-corrected chi connectivity index (χ3v) is 5.88. The Morgan fingerprint density at radius 3 is 2.81 bits per heavy atom. The second-order valence-corrected chi connectivity index (χ2v) is 7.70. The lowest BCUT2D eigenvalue weighted by molar-refractivity contribution is 0.245. The van der Waals surface area contributed by atoms with E-state index in [4.69, 9.17) is 0 Å². The molecule has 0 aliphatic carbocycles. The third kappa shape index (κ3) is 4.22. The Balaban J connectivity index is 2.21. The first-order valence-corrected chi connectivity index (χ1v) is 9.71. The summed E-state index contributed by atoms with van der Waals surface area (Å²) in [5, 5.41) is 4.74. The largest absolute Gasteiger partial charge is 0.315 e. The first-order chi connectivity index (χ1) is 10.2. The Bertz CT molecular complexity index is 565. The summed E-state index contributed by atoms with van der Waals surface area (Å²) in [4.78, 5) is 3.96. The summed E-state index contributed by atoms with van der Waals surface area (Å²) in [6.45, 7) is 4.33. The minimum absolute atomic E-state index is 0.624. The van der Waals surface area contributed by atoms with Crippen LogP contribution in [0.15, 0.2) is 24.3 Å². The van der Waals surface area contributed by atoms with Crippen LogP contribution in [0.3, 0.4) is 0 Å². The molecule has 116 valence electrons. The van der Waals surface area contributed by atoms with Gasteiger partial charge < -0.3 is 5.32 Å². The molecule has 2 nitrogen and oxygen atoms in total. The van der Waals surface area contributed by atoms with Crippen LogP contribution in [0, 0.1) is 0 Å². The summed E-state index contributed by atoms with van der Waals surface area (Å²) in [6.07, 6.45) is 3.44. The molecule has 0 fully saturated rings. The zero-order valence-corrected chi connectivity index (χ0v) is 15.1. The number of thiophene rings is 1. The average Bonchev–Trinajstić information content (AvgIpc) is 2.83. The topological polar surface area (TPSA) is 15.3 Å². The van der Waals surface area contributed by atoms with E-state index in [2.05, 4.69) is 54.7 Å². The molecule has 0 amide bonds. The SMILES string of the molecule is CNCc1sc2ccccc2c1CN(C)C(C)CCSC. The number of nitrogens with zero attached hydrogens (tertiary/aromatic N) is 1. The molecule has 2 rings (SSSR count). The van der Waals surface area contributed by atoms with Gasteiger partial charge in [0.2, 0.25) is 0 Å². The maximum absolute atomic E-state index is 3.31. The van der Waals surface area contributed by atoms with Crippen LogP contribution in [-0.4, -0.2) is 37.0 Å². The number of hydrogen-bond donors (Lipinski definition) is 1. The molecule has 0 aliphatic rings. The van der Waals surface area contributed by atoms with E-state index < -0.39 is 0 Å². The van der Waals surface area contributed by atoms with Crippen LogP contribution < -0.4 is 5.32 Å². The van der Waals surface area contributed by atoms with Crippen molar-refractivity contribution in [1.82, 2.24) is 10.2 Å². The Labute approximate surface area is 136 Å². The van der Waals surface area contributed by atoms with Crippen molar-refractivity contribution in [2.75, 3.05) is 26.1 Å². The van der Waals surface area contributed by atoms with Gasteiger partial charge in [-0.15, -0.1) is 11.3 Å². The van der Waals surface area contributed by atoms with Crippen LogP contribution in [0.2, 0.25) is 0 Å². The Kier molecular flexibility index (Phi) is 6.55. The van der Waals surface area contributed by atoms with Gasteiger partial charge >= 0.3 is 0 Å². The molecule has 1 unspecified atom stereocenters. The average molecular weight is 323 g/mol. The van der Waals surface area contributed by atoms with E-state index in [0.29, 0.717) is 6.04 Å². The van der Waals surface area contributed by atoms with E-state index >= 15 is 0 Å². The van der Waals surface area contributed by atoms with Crippen molar-refractivity contribution in [2.45, 2.75) is 32.5 Å². The van der Waals surface area contributed by atoms with E-state index in [1.165, 1.54) is 32.7 Å². The van der Waals surface area contributed by atoms with E-state index in [1.54, 1.807) is 0 Å². The third-order valence-electron chi connectivity index (χ3n) is 4.02. The van der Waals surface area contributed by atoms with Gasteiger partial charge in [-0.2, -0.15) is 11.8 Å². The molecule has 0 aliphatic heterocycles. The van der Waals surface area contributed by atoms with Gasteiger partial charge in [-0.05, 0) is 56.5 Å². The highest BCUT2D eigenvalue weighted by atomic mass is 32.2. The van der Waals surface area contributed by atoms with E-state index in [1.807, 2.05) is 30.1 Å². The molecular formula is C17H26N2S2. The first kappa shape index (κ1) is 16.8. The Morgan fingerprint density at radius 1 is 1.33 bits per heavy atom. The highest BCUT2D eigenvalue weighted by Crippen LogP contribution is 2.32. The minimum Gasteiger partial charge on any atom is -0.315 e. The van der Waals surface area contributed by atoms with Gasteiger partial charge in [-0.1, -0.05) is 18.2 Å². The monoisotopic (exact) mass is 322 g/mol. The van der Waals surface area contributed by atoms with Crippen molar-refractivity contribution in [3.63, 3.8) is 0 Å². The first-order valence-electron chi connectivity index (χ1n) is 7.50. The lowest BCUT2D eigenvalue weighted by atomic mass is 10.1. The van der Waals surface area contributed by atoms with Gasteiger partial charge in [0, 0.05) is 28.7 Å². The number of benzene rings is 1. The molecule has 0 spiro atoms. The Hall–Kier alpha value is -0.550. The second kappa shape index (κ2) is 8.18. The number of fused-ring (bicyclic) bond motifs is 1. The second-order valence-electron chi connectivity index (χ2n) is 5.58. The summed E-state index contributed by atoms with van der Waals surface area (Å²) in [7, 11) is 4.28. The van der Waals surface area contributed by atoms with Crippen LogP contribution in [0.5, 0.6) is 0 Å². The zero-order valence-electron chi connectivity index (χ0n) is 13.5. The Morgan fingerprint density at radius 2 is 2.10 bits per heavy atom. The number of hydrogen-bond acceptors (Lipinski definition) is 4. The van der Waals surface area contributed by atoms with Crippen LogP contribution in [0.25, 0.3) is 10.1 Å². The fourth-order valence-electron chi connectivity index (χ4n) is 2.54. The van der Waals surface area contributed by atoms with E-state index in [9.17, 15) is 0 Å². The van der Waals surface area contributed by atoms with Crippen LogP contribution in [0.4, 0.5) is 0 Å². The molecule has 21 heavy (non-hydrogen) atoms. The molecule has 1 atom stereocenters. The van der Waals surface area contributed by atoms with Gasteiger partial charge in [0.25, 0.3) is 0 Å². The lowest BCUT2D eigenvalue weighted by Crippen LogP contribution is -2.29.